The topological polar surface area (TPSA) is 117 Å². The number of allylic oxidation sites excluding steroid dienone is 1. The molecule has 11 heteroatoms. The molecule has 1 N–H and O–H groups in total. The Morgan fingerprint density at radius 3 is 2.46 bits per heavy atom. The highest BCUT2D eigenvalue weighted by atomic mass is 19.1. The first-order chi connectivity index (χ1) is 19.9. The smallest absolute Gasteiger partial charge is 0.281 e. The molecule has 0 saturated heterocycles. The molecule has 3 aromatic heterocycles. The van der Waals surface area contributed by atoms with Crippen LogP contribution in [0.25, 0.3) is 22.0 Å². The van der Waals surface area contributed by atoms with Crippen molar-refractivity contribution in [3.63, 3.8) is 0 Å². The number of benzene rings is 2. The fourth-order valence-electron chi connectivity index (χ4n) is 4.10. The van der Waals surface area contributed by atoms with E-state index in [1.807, 2.05) is 0 Å². The van der Waals surface area contributed by atoms with Gasteiger partial charge in [-0.1, -0.05) is 18.2 Å². The van der Waals surface area contributed by atoms with Gasteiger partial charge in [-0.2, -0.15) is 5.10 Å². The van der Waals surface area contributed by atoms with Gasteiger partial charge >= 0.3 is 0 Å². The van der Waals surface area contributed by atoms with Gasteiger partial charge in [0.25, 0.3) is 5.91 Å². The number of amides is 1. The number of rotatable bonds is 9. The predicted molar refractivity (Wildman–Crippen MR) is 151 cm³/mol. The highest BCUT2D eigenvalue weighted by Gasteiger charge is 2.19. The summed E-state index contributed by atoms with van der Waals surface area (Å²) < 4.78 is 31.6. The van der Waals surface area contributed by atoms with E-state index in [9.17, 15) is 14.0 Å². The van der Waals surface area contributed by atoms with E-state index in [1.54, 1.807) is 50.8 Å². The van der Waals surface area contributed by atoms with Gasteiger partial charge in [0, 0.05) is 29.4 Å². The number of ether oxygens (including phenoxy) is 3. The number of nitrogens with one attached hydrogen (secondary N) is 1. The van der Waals surface area contributed by atoms with Crippen molar-refractivity contribution in [3.05, 3.63) is 108 Å². The van der Waals surface area contributed by atoms with E-state index in [1.165, 1.54) is 47.4 Å². The van der Waals surface area contributed by atoms with Crippen molar-refractivity contribution in [2.24, 2.45) is 0 Å². The molecule has 3 heterocycles. The fraction of sp³-hybridized carbons (Fsp3) is 0.100. The number of fused-ring (bicyclic) bond motifs is 1. The molecule has 0 saturated carbocycles. The van der Waals surface area contributed by atoms with Gasteiger partial charge in [0.15, 0.2) is 17.2 Å². The van der Waals surface area contributed by atoms with Crippen LogP contribution in [0.2, 0.25) is 0 Å². The van der Waals surface area contributed by atoms with Gasteiger partial charge in [0.05, 0.1) is 32.5 Å². The summed E-state index contributed by atoms with van der Waals surface area (Å²) in [6.45, 7) is 3.93. The van der Waals surface area contributed by atoms with Crippen molar-refractivity contribution < 1.29 is 23.4 Å². The highest BCUT2D eigenvalue weighted by molar-refractivity contribution is 6.02. The summed E-state index contributed by atoms with van der Waals surface area (Å²) in [7, 11) is 3.09. The number of carbonyl (C=O) groups excluding carboxylic acids is 1. The van der Waals surface area contributed by atoms with Crippen LogP contribution in [0.15, 0.2) is 90.6 Å². The Hall–Kier alpha value is -5.58. The molecular weight excluding hydrogens is 529 g/mol. The molecule has 0 aliphatic carbocycles. The van der Waals surface area contributed by atoms with Crippen LogP contribution in [0.3, 0.4) is 0 Å². The van der Waals surface area contributed by atoms with Crippen LogP contribution in [0, 0.1) is 5.82 Å². The average molecular weight is 554 g/mol. The van der Waals surface area contributed by atoms with Gasteiger partial charge < -0.3 is 19.5 Å². The van der Waals surface area contributed by atoms with E-state index in [-0.39, 0.29) is 23.6 Å². The first-order valence-corrected chi connectivity index (χ1v) is 12.3. The number of methoxy groups -OCH3 is 2. The predicted octanol–water partition coefficient (Wildman–Crippen LogP) is 5.24. The number of hydrogen-bond acceptors (Lipinski definition) is 8. The number of anilines is 1. The van der Waals surface area contributed by atoms with Crippen LogP contribution in [-0.2, 0) is 6.54 Å². The average Bonchev–Trinajstić information content (AvgIpc) is 2.99. The number of carbonyl (C=O) groups is 1. The third kappa shape index (κ3) is 5.74. The molecule has 1 amide bonds. The lowest BCUT2D eigenvalue weighted by Gasteiger charge is -2.12. The summed E-state index contributed by atoms with van der Waals surface area (Å²) in [5.41, 5.74) is 0.344. The van der Waals surface area contributed by atoms with Crippen molar-refractivity contribution >= 4 is 22.6 Å². The van der Waals surface area contributed by atoms with Crippen molar-refractivity contribution in [2.45, 2.75) is 6.54 Å². The van der Waals surface area contributed by atoms with Crippen LogP contribution in [0.1, 0.15) is 10.5 Å². The first-order valence-electron chi connectivity index (χ1n) is 12.3. The van der Waals surface area contributed by atoms with Gasteiger partial charge in [-0.3, -0.25) is 19.3 Å². The van der Waals surface area contributed by atoms with E-state index in [4.69, 9.17) is 14.2 Å². The van der Waals surface area contributed by atoms with Gasteiger partial charge in [-0.25, -0.2) is 9.37 Å². The molecule has 2 aromatic carbocycles. The Bertz CT molecular complexity index is 1800. The fourth-order valence-corrected chi connectivity index (χ4v) is 4.10. The standard InChI is InChI=1S/C30H24FN5O5/c1-4-13-36-17-22(18-5-7-19(31)8-6-18)29(37)28(35-36)30(38)34-27-10-9-20(16-33-27)41-24-11-12-32-23-15-26(40-3)25(39-2)14-21(23)24/h4-12,14-17H,1,13H2,2-3H3,(H,33,34,38). The summed E-state index contributed by atoms with van der Waals surface area (Å²) in [4.78, 5) is 34.9. The number of hydrogen-bond donors (Lipinski definition) is 1. The summed E-state index contributed by atoms with van der Waals surface area (Å²) >= 11 is 0. The first kappa shape index (κ1) is 27.0. The monoisotopic (exact) mass is 553 g/mol. The maximum Gasteiger partial charge on any atom is 0.281 e. The van der Waals surface area contributed by atoms with E-state index >= 15 is 0 Å². The zero-order chi connectivity index (χ0) is 28.9. The minimum atomic E-state index is -0.751. The lowest BCUT2D eigenvalue weighted by molar-refractivity contribution is 0.101. The van der Waals surface area contributed by atoms with Crippen molar-refractivity contribution in [2.75, 3.05) is 19.5 Å². The molecule has 41 heavy (non-hydrogen) atoms. The zero-order valence-electron chi connectivity index (χ0n) is 22.1. The van der Waals surface area contributed by atoms with Crippen LogP contribution >= 0.6 is 0 Å². The minimum Gasteiger partial charge on any atom is -0.493 e. The second-order valence-electron chi connectivity index (χ2n) is 8.71. The van der Waals surface area contributed by atoms with E-state index in [2.05, 4.69) is 27.0 Å². The third-order valence-corrected chi connectivity index (χ3v) is 6.07. The van der Waals surface area contributed by atoms with Crippen molar-refractivity contribution in [1.29, 1.82) is 0 Å². The molecule has 0 atom stereocenters. The normalized spacial score (nSPS) is 10.7. The molecule has 10 nitrogen and oxygen atoms in total. The zero-order valence-corrected chi connectivity index (χ0v) is 22.1. The van der Waals surface area contributed by atoms with Crippen LogP contribution in [-0.4, -0.2) is 39.9 Å². The Labute approximate surface area is 233 Å². The molecule has 0 spiro atoms. The van der Waals surface area contributed by atoms with Gasteiger partial charge in [0.1, 0.15) is 23.1 Å². The summed E-state index contributed by atoms with van der Waals surface area (Å²) in [5.74, 6) is 0.965. The number of halogens is 1. The Balaban J connectivity index is 1.38. The number of pyridine rings is 2. The van der Waals surface area contributed by atoms with E-state index < -0.39 is 17.2 Å². The van der Waals surface area contributed by atoms with Crippen LogP contribution < -0.4 is 25.0 Å². The maximum atomic E-state index is 13.4. The Morgan fingerprint density at radius 2 is 1.78 bits per heavy atom. The van der Waals surface area contributed by atoms with Gasteiger partial charge in [-0.15, -0.1) is 6.58 Å². The lowest BCUT2D eigenvalue weighted by Crippen LogP contribution is -2.27. The van der Waals surface area contributed by atoms with Crippen molar-refractivity contribution in [1.82, 2.24) is 19.7 Å². The maximum absolute atomic E-state index is 13.4. The lowest BCUT2D eigenvalue weighted by atomic mass is 10.1. The highest BCUT2D eigenvalue weighted by Crippen LogP contribution is 2.36. The third-order valence-electron chi connectivity index (χ3n) is 6.07. The minimum absolute atomic E-state index is 0.178. The number of aromatic nitrogens is 4. The molecule has 0 radical (unpaired) electrons. The second-order valence-corrected chi connectivity index (χ2v) is 8.71. The molecule has 0 fully saturated rings. The second kappa shape index (κ2) is 11.7. The molecule has 206 valence electrons. The number of nitrogens with zero attached hydrogens (tertiary/aromatic N) is 4. The van der Waals surface area contributed by atoms with Crippen LogP contribution in [0.5, 0.6) is 23.0 Å². The summed E-state index contributed by atoms with van der Waals surface area (Å²) in [6.07, 6.45) is 6.11. The Kier molecular flexibility index (Phi) is 7.68. The molecule has 5 aromatic rings. The Morgan fingerprint density at radius 1 is 1.02 bits per heavy atom. The quantitative estimate of drug-likeness (QED) is 0.246. The molecule has 0 bridgehead atoms. The van der Waals surface area contributed by atoms with E-state index in [0.717, 1.165) is 0 Å². The van der Waals surface area contributed by atoms with Gasteiger partial charge in [-0.05, 0) is 42.0 Å². The van der Waals surface area contributed by atoms with E-state index in [0.29, 0.717) is 39.5 Å². The SMILES string of the molecule is C=CCn1cc(-c2ccc(F)cc2)c(=O)c(C(=O)Nc2ccc(Oc3ccnc4cc(OC)c(OC)cc34)cn2)n1. The largest absolute Gasteiger partial charge is 0.493 e. The summed E-state index contributed by atoms with van der Waals surface area (Å²) in [6, 6.07) is 13.8. The van der Waals surface area contributed by atoms with Crippen molar-refractivity contribution in [3.8, 4) is 34.1 Å². The van der Waals surface area contributed by atoms with Gasteiger partial charge in [0.2, 0.25) is 5.43 Å². The molecule has 0 aliphatic heterocycles. The molecule has 0 unspecified atom stereocenters. The van der Waals surface area contributed by atoms with Crippen LogP contribution in [0.4, 0.5) is 10.2 Å². The molecular formula is C30H24FN5O5. The molecule has 5 rings (SSSR count). The molecule has 0 aliphatic rings. The summed E-state index contributed by atoms with van der Waals surface area (Å²) in [5, 5.41) is 7.46.